The highest BCUT2D eigenvalue weighted by molar-refractivity contribution is 5.93. The fraction of sp³-hybridized carbons (Fsp3) is 0.286. The van der Waals surface area contributed by atoms with E-state index in [9.17, 15) is 9.59 Å². The third-order valence-electron chi connectivity index (χ3n) is 5.05. The zero-order valence-corrected chi connectivity index (χ0v) is 19.0. The minimum atomic E-state index is -0.481. The van der Waals surface area contributed by atoms with Gasteiger partial charge in [0.2, 0.25) is 0 Å². The minimum Gasteiger partial charge on any atom is -0.419 e. The van der Waals surface area contributed by atoms with Gasteiger partial charge in [0.1, 0.15) is 0 Å². The summed E-state index contributed by atoms with van der Waals surface area (Å²) in [4.78, 5) is 25.7. The van der Waals surface area contributed by atoms with Crippen LogP contribution < -0.4 is 9.47 Å². The van der Waals surface area contributed by atoms with Crippen LogP contribution in [-0.4, -0.2) is 11.9 Å². The van der Waals surface area contributed by atoms with Crippen molar-refractivity contribution in [2.45, 2.75) is 46.5 Å². The maximum absolute atomic E-state index is 12.8. The second-order valence-electron chi connectivity index (χ2n) is 8.29. The van der Waals surface area contributed by atoms with Crippen molar-refractivity contribution in [3.8, 4) is 11.5 Å². The van der Waals surface area contributed by atoms with E-state index in [0.29, 0.717) is 22.8 Å². The Bertz CT molecular complexity index is 1040. The molecule has 0 aliphatic rings. The molecule has 0 aliphatic heterocycles. The molecule has 4 nitrogen and oxygen atoms in total. The van der Waals surface area contributed by atoms with Gasteiger partial charge in [-0.2, -0.15) is 0 Å². The first kappa shape index (κ1) is 23.3. The summed E-state index contributed by atoms with van der Waals surface area (Å²) in [6.45, 7) is 6.40. The number of esters is 2. The Morgan fingerprint density at radius 2 is 1.38 bits per heavy atom. The van der Waals surface area contributed by atoms with Crippen molar-refractivity contribution in [3.63, 3.8) is 0 Å². The van der Waals surface area contributed by atoms with Crippen molar-refractivity contribution in [1.82, 2.24) is 0 Å². The molecule has 3 rings (SSSR count). The van der Waals surface area contributed by atoms with Crippen LogP contribution in [0.15, 0.2) is 72.8 Å². The quantitative estimate of drug-likeness (QED) is 0.281. The molecule has 0 spiro atoms. The zero-order valence-electron chi connectivity index (χ0n) is 19.0. The molecule has 0 saturated carbocycles. The van der Waals surface area contributed by atoms with Gasteiger partial charge in [-0.25, -0.2) is 9.59 Å². The number of benzene rings is 3. The number of unbranched alkanes of at least 4 members (excludes halogenated alkanes) is 1. The van der Waals surface area contributed by atoms with Crippen LogP contribution in [-0.2, 0) is 12.8 Å². The van der Waals surface area contributed by atoms with Crippen molar-refractivity contribution in [2.75, 3.05) is 0 Å². The molecule has 0 amide bonds. The van der Waals surface area contributed by atoms with E-state index in [-0.39, 0.29) is 5.75 Å². The normalized spacial score (nSPS) is 10.8. The van der Waals surface area contributed by atoms with Gasteiger partial charge in [0, 0.05) is 0 Å². The first-order valence-electron chi connectivity index (χ1n) is 11.2. The first-order valence-corrected chi connectivity index (χ1v) is 11.2. The van der Waals surface area contributed by atoms with Crippen LogP contribution in [0.4, 0.5) is 0 Å². The van der Waals surface area contributed by atoms with E-state index in [1.54, 1.807) is 48.5 Å². The van der Waals surface area contributed by atoms with Crippen LogP contribution in [0.2, 0.25) is 0 Å². The maximum atomic E-state index is 12.8. The Hall–Kier alpha value is -3.40. The zero-order chi connectivity index (χ0) is 22.9. The standard InChI is InChI=1S/C28H30O4/c1-4-5-12-24-18-21(17-20(2)3)19-25(31-27(29)22-13-8-6-9-14-22)26(24)32-28(30)23-15-10-7-11-16-23/h6-11,13-16,18-20H,4-5,12,17H2,1-3H3. The van der Waals surface area contributed by atoms with E-state index >= 15 is 0 Å². The minimum absolute atomic E-state index is 0.285. The lowest BCUT2D eigenvalue weighted by atomic mass is 9.97. The summed E-state index contributed by atoms with van der Waals surface area (Å²) in [6.07, 6.45) is 3.50. The van der Waals surface area contributed by atoms with Crippen molar-refractivity contribution in [2.24, 2.45) is 5.92 Å². The summed E-state index contributed by atoms with van der Waals surface area (Å²) in [6, 6.07) is 21.5. The number of carbonyl (C=O) groups excluding carboxylic acids is 2. The Morgan fingerprint density at radius 1 is 0.812 bits per heavy atom. The molecule has 0 N–H and O–H groups in total. The fourth-order valence-electron chi connectivity index (χ4n) is 3.52. The van der Waals surface area contributed by atoms with Crippen molar-refractivity contribution >= 4 is 11.9 Å². The smallest absolute Gasteiger partial charge is 0.343 e. The van der Waals surface area contributed by atoms with E-state index in [1.807, 2.05) is 18.2 Å². The van der Waals surface area contributed by atoms with Gasteiger partial charge in [-0.15, -0.1) is 0 Å². The predicted octanol–water partition coefficient (Wildman–Crippen LogP) is 6.67. The van der Waals surface area contributed by atoms with Gasteiger partial charge in [0.15, 0.2) is 11.5 Å². The lowest BCUT2D eigenvalue weighted by Crippen LogP contribution is -2.14. The molecular formula is C28H30O4. The lowest BCUT2D eigenvalue weighted by molar-refractivity contribution is 0.0680. The second-order valence-corrected chi connectivity index (χ2v) is 8.29. The molecule has 3 aromatic rings. The summed E-state index contributed by atoms with van der Waals surface area (Å²) in [7, 11) is 0. The molecule has 166 valence electrons. The van der Waals surface area contributed by atoms with Gasteiger partial charge in [-0.05, 0) is 66.6 Å². The third-order valence-corrected chi connectivity index (χ3v) is 5.05. The topological polar surface area (TPSA) is 52.6 Å². The first-order chi connectivity index (χ1) is 15.5. The molecular weight excluding hydrogens is 400 g/mol. The summed E-state index contributed by atoms with van der Waals surface area (Å²) < 4.78 is 11.6. The number of ether oxygens (including phenoxy) is 2. The van der Waals surface area contributed by atoms with Crippen LogP contribution in [0.3, 0.4) is 0 Å². The molecule has 0 unspecified atom stereocenters. The molecule has 0 fully saturated rings. The van der Waals surface area contributed by atoms with E-state index in [4.69, 9.17) is 9.47 Å². The summed E-state index contributed by atoms with van der Waals surface area (Å²) in [5.41, 5.74) is 2.82. The molecule has 0 heterocycles. The SMILES string of the molecule is CCCCc1cc(CC(C)C)cc(OC(=O)c2ccccc2)c1OC(=O)c1ccccc1. The van der Waals surface area contributed by atoms with Crippen molar-refractivity contribution in [1.29, 1.82) is 0 Å². The molecule has 32 heavy (non-hydrogen) atoms. The Balaban J connectivity index is 2.02. The highest BCUT2D eigenvalue weighted by Crippen LogP contribution is 2.36. The number of aryl methyl sites for hydroxylation is 1. The highest BCUT2D eigenvalue weighted by atomic mass is 16.6. The molecule has 4 heteroatoms. The Kier molecular flexibility index (Phi) is 8.20. The predicted molar refractivity (Wildman–Crippen MR) is 126 cm³/mol. The molecule has 0 aliphatic carbocycles. The van der Waals surface area contributed by atoms with E-state index < -0.39 is 11.9 Å². The van der Waals surface area contributed by atoms with Crippen LogP contribution >= 0.6 is 0 Å². The highest BCUT2D eigenvalue weighted by Gasteiger charge is 2.21. The average Bonchev–Trinajstić information content (AvgIpc) is 2.80. The van der Waals surface area contributed by atoms with Crippen LogP contribution in [0.5, 0.6) is 11.5 Å². The average molecular weight is 431 g/mol. The summed E-state index contributed by atoms with van der Waals surface area (Å²) >= 11 is 0. The lowest BCUT2D eigenvalue weighted by Gasteiger charge is -2.18. The van der Waals surface area contributed by atoms with Crippen LogP contribution in [0.25, 0.3) is 0 Å². The van der Waals surface area contributed by atoms with Gasteiger partial charge < -0.3 is 9.47 Å². The Labute approximate surface area is 190 Å². The number of hydrogen-bond donors (Lipinski definition) is 0. The van der Waals surface area contributed by atoms with E-state index in [0.717, 1.165) is 36.8 Å². The maximum Gasteiger partial charge on any atom is 0.343 e. The molecule has 0 aromatic heterocycles. The second kappa shape index (κ2) is 11.3. The summed E-state index contributed by atoms with van der Waals surface area (Å²) in [5, 5.41) is 0. The van der Waals surface area contributed by atoms with Gasteiger partial charge >= 0.3 is 11.9 Å². The largest absolute Gasteiger partial charge is 0.419 e. The number of carbonyl (C=O) groups is 2. The van der Waals surface area contributed by atoms with Gasteiger partial charge in [-0.1, -0.05) is 69.7 Å². The molecule has 0 radical (unpaired) electrons. The van der Waals surface area contributed by atoms with Crippen molar-refractivity contribution in [3.05, 3.63) is 95.1 Å². The van der Waals surface area contributed by atoms with Crippen LogP contribution in [0.1, 0.15) is 65.5 Å². The van der Waals surface area contributed by atoms with Gasteiger partial charge in [-0.3, -0.25) is 0 Å². The van der Waals surface area contributed by atoms with Gasteiger partial charge in [0.25, 0.3) is 0 Å². The molecule has 0 atom stereocenters. The monoisotopic (exact) mass is 430 g/mol. The molecule has 3 aromatic carbocycles. The number of rotatable bonds is 9. The fourth-order valence-corrected chi connectivity index (χ4v) is 3.52. The van der Waals surface area contributed by atoms with E-state index in [1.165, 1.54) is 0 Å². The molecule has 0 bridgehead atoms. The van der Waals surface area contributed by atoms with Gasteiger partial charge in [0.05, 0.1) is 11.1 Å². The Morgan fingerprint density at radius 3 is 1.91 bits per heavy atom. The third kappa shape index (κ3) is 6.30. The van der Waals surface area contributed by atoms with E-state index in [2.05, 4.69) is 26.8 Å². The number of hydrogen-bond acceptors (Lipinski definition) is 4. The van der Waals surface area contributed by atoms with Crippen molar-refractivity contribution < 1.29 is 19.1 Å². The summed E-state index contributed by atoms with van der Waals surface area (Å²) in [5.74, 6) is 0.0867. The molecule has 0 saturated heterocycles. The van der Waals surface area contributed by atoms with Crippen LogP contribution in [0, 0.1) is 5.92 Å².